The maximum Gasteiger partial charge on any atom is 0.273 e. The highest BCUT2D eigenvalue weighted by Gasteiger charge is 2.21. The molecule has 3 aromatic carbocycles. The Labute approximate surface area is 180 Å². The SMILES string of the molecule is CN(Cc1ccccc1)S(=O)(=O)c1ccc(NC(=O)Cc2ccccc2[N+](=O)[O-])cc1. The Bertz CT molecular complexity index is 1180. The van der Waals surface area contributed by atoms with E-state index in [2.05, 4.69) is 5.32 Å². The van der Waals surface area contributed by atoms with Gasteiger partial charge in [-0.2, -0.15) is 4.31 Å². The zero-order chi connectivity index (χ0) is 22.4. The van der Waals surface area contributed by atoms with Crippen molar-refractivity contribution in [3.8, 4) is 0 Å². The lowest BCUT2D eigenvalue weighted by molar-refractivity contribution is -0.385. The average Bonchev–Trinajstić information content (AvgIpc) is 2.75. The number of anilines is 1. The van der Waals surface area contributed by atoms with E-state index in [-0.39, 0.29) is 23.5 Å². The second-order valence-corrected chi connectivity index (χ2v) is 8.93. The Morgan fingerprint density at radius 2 is 1.58 bits per heavy atom. The van der Waals surface area contributed by atoms with Crippen LogP contribution in [0.15, 0.2) is 83.8 Å². The third-order valence-electron chi connectivity index (χ3n) is 4.63. The first kappa shape index (κ1) is 22.1. The van der Waals surface area contributed by atoms with Gasteiger partial charge in [0.05, 0.1) is 16.2 Å². The minimum Gasteiger partial charge on any atom is -0.326 e. The van der Waals surface area contributed by atoms with E-state index in [0.717, 1.165) is 5.56 Å². The largest absolute Gasteiger partial charge is 0.326 e. The summed E-state index contributed by atoms with van der Waals surface area (Å²) in [5.74, 6) is -0.439. The van der Waals surface area contributed by atoms with Crippen LogP contribution in [0.4, 0.5) is 11.4 Å². The van der Waals surface area contributed by atoms with Crippen molar-refractivity contribution in [1.29, 1.82) is 0 Å². The van der Waals surface area contributed by atoms with Gasteiger partial charge < -0.3 is 5.32 Å². The molecule has 160 valence electrons. The number of rotatable bonds is 8. The molecule has 0 aliphatic heterocycles. The molecule has 0 bridgehead atoms. The maximum atomic E-state index is 12.8. The van der Waals surface area contributed by atoms with Crippen molar-refractivity contribution in [2.24, 2.45) is 0 Å². The molecule has 0 saturated carbocycles. The van der Waals surface area contributed by atoms with Gasteiger partial charge in [0.2, 0.25) is 15.9 Å². The van der Waals surface area contributed by atoms with E-state index in [1.807, 2.05) is 30.3 Å². The minimum atomic E-state index is -3.70. The Kier molecular flexibility index (Phi) is 6.78. The first-order valence-corrected chi connectivity index (χ1v) is 10.8. The van der Waals surface area contributed by atoms with Crippen molar-refractivity contribution in [2.75, 3.05) is 12.4 Å². The van der Waals surface area contributed by atoms with Crippen LogP contribution in [-0.2, 0) is 27.8 Å². The molecule has 0 fully saturated rings. The normalized spacial score (nSPS) is 11.3. The predicted octanol–water partition coefficient (Wildman–Crippen LogP) is 3.60. The molecular formula is C22H21N3O5S. The summed E-state index contributed by atoms with van der Waals surface area (Å²) in [6.45, 7) is 0.234. The van der Waals surface area contributed by atoms with E-state index in [4.69, 9.17) is 0 Å². The minimum absolute atomic E-state index is 0.0997. The lowest BCUT2D eigenvalue weighted by Gasteiger charge is -2.17. The number of nitrogens with one attached hydrogen (secondary N) is 1. The summed E-state index contributed by atoms with van der Waals surface area (Å²) in [5, 5.41) is 13.7. The van der Waals surface area contributed by atoms with Crippen molar-refractivity contribution in [2.45, 2.75) is 17.9 Å². The topological polar surface area (TPSA) is 110 Å². The molecule has 0 aliphatic rings. The molecule has 0 aromatic heterocycles. The molecule has 1 amide bonds. The zero-order valence-corrected chi connectivity index (χ0v) is 17.6. The van der Waals surface area contributed by atoms with Gasteiger partial charge in [-0.1, -0.05) is 48.5 Å². The standard InChI is InChI=1S/C22H21N3O5S/c1-24(16-17-7-3-2-4-8-17)31(29,30)20-13-11-19(12-14-20)23-22(26)15-18-9-5-6-10-21(18)25(27)28/h2-14H,15-16H2,1H3,(H,23,26). The summed E-state index contributed by atoms with van der Waals surface area (Å²) in [5.41, 5.74) is 1.44. The van der Waals surface area contributed by atoms with Gasteiger partial charge in [0.1, 0.15) is 0 Å². The molecule has 3 rings (SSSR count). The molecule has 9 heteroatoms. The molecule has 0 aliphatic carbocycles. The zero-order valence-electron chi connectivity index (χ0n) is 16.8. The summed E-state index contributed by atoms with van der Waals surface area (Å²) < 4.78 is 26.8. The van der Waals surface area contributed by atoms with Gasteiger partial charge in [0, 0.05) is 30.9 Å². The van der Waals surface area contributed by atoms with Crippen molar-refractivity contribution < 1.29 is 18.1 Å². The number of para-hydroxylation sites is 1. The van der Waals surface area contributed by atoms with E-state index in [1.165, 1.54) is 53.8 Å². The monoisotopic (exact) mass is 439 g/mol. The molecule has 0 spiro atoms. The number of carbonyl (C=O) groups excluding carboxylic acids is 1. The van der Waals surface area contributed by atoms with E-state index in [1.54, 1.807) is 6.07 Å². The lowest BCUT2D eigenvalue weighted by atomic mass is 10.1. The fourth-order valence-corrected chi connectivity index (χ4v) is 4.19. The van der Waals surface area contributed by atoms with Crippen molar-refractivity contribution >= 4 is 27.3 Å². The van der Waals surface area contributed by atoms with Crippen LogP contribution < -0.4 is 5.32 Å². The number of nitrogens with zero attached hydrogens (tertiary/aromatic N) is 2. The van der Waals surface area contributed by atoms with Crippen LogP contribution >= 0.6 is 0 Å². The number of nitro benzene ring substituents is 1. The molecule has 0 unspecified atom stereocenters. The number of amides is 1. The quantitative estimate of drug-likeness (QED) is 0.426. The highest BCUT2D eigenvalue weighted by molar-refractivity contribution is 7.89. The molecule has 8 nitrogen and oxygen atoms in total. The number of hydrogen-bond donors (Lipinski definition) is 1. The van der Waals surface area contributed by atoms with E-state index >= 15 is 0 Å². The van der Waals surface area contributed by atoms with Crippen molar-refractivity contribution in [3.05, 3.63) is 100 Å². The van der Waals surface area contributed by atoms with Crippen LogP contribution in [0, 0.1) is 10.1 Å². The van der Waals surface area contributed by atoms with Crippen LogP contribution in [-0.4, -0.2) is 30.6 Å². The summed E-state index contributed by atoms with van der Waals surface area (Å²) in [7, 11) is -2.20. The maximum absolute atomic E-state index is 12.8. The molecule has 31 heavy (non-hydrogen) atoms. The second-order valence-electron chi connectivity index (χ2n) is 6.88. The van der Waals surface area contributed by atoms with Gasteiger partial charge in [-0.15, -0.1) is 0 Å². The number of hydrogen-bond acceptors (Lipinski definition) is 5. The van der Waals surface area contributed by atoms with Gasteiger partial charge >= 0.3 is 0 Å². The molecule has 1 N–H and O–H groups in total. The third-order valence-corrected chi connectivity index (χ3v) is 6.45. The molecule has 0 atom stereocenters. The molecule has 0 saturated heterocycles. The Balaban J connectivity index is 1.67. The Morgan fingerprint density at radius 1 is 0.968 bits per heavy atom. The van der Waals surface area contributed by atoms with Gasteiger partial charge in [-0.3, -0.25) is 14.9 Å². The highest BCUT2D eigenvalue weighted by atomic mass is 32.2. The van der Waals surface area contributed by atoms with E-state index in [0.29, 0.717) is 11.3 Å². The van der Waals surface area contributed by atoms with Gasteiger partial charge in [-0.25, -0.2) is 8.42 Å². The van der Waals surface area contributed by atoms with Crippen LogP contribution in [0.3, 0.4) is 0 Å². The van der Waals surface area contributed by atoms with Crippen LogP contribution in [0.5, 0.6) is 0 Å². The second kappa shape index (κ2) is 9.50. The molecule has 0 heterocycles. The first-order chi connectivity index (χ1) is 14.8. The fraction of sp³-hybridized carbons (Fsp3) is 0.136. The van der Waals surface area contributed by atoms with Crippen molar-refractivity contribution in [1.82, 2.24) is 4.31 Å². The lowest BCUT2D eigenvalue weighted by Crippen LogP contribution is -2.26. The Morgan fingerprint density at radius 3 is 2.23 bits per heavy atom. The number of carbonyl (C=O) groups is 1. The van der Waals surface area contributed by atoms with Crippen LogP contribution in [0.1, 0.15) is 11.1 Å². The van der Waals surface area contributed by atoms with Crippen LogP contribution in [0.25, 0.3) is 0 Å². The summed E-state index contributed by atoms with van der Waals surface area (Å²) >= 11 is 0. The van der Waals surface area contributed by atoms with Crippen LogP contribution in [0.2, 0.25) is 0 Å². The van der Waals surface area contributed by atoms with E-state index in [9.17, 15) is 23.3 Å². The molecule has 0 radical (unpaired) electrons. The smallest absolute Gasteiger partial charge is 0.273 e. The summed E-state index contributed by atoms with van der Waals surface area (Å²) in [6, 6.07) is 21.1. The molecular weight excluding hydrogens is 418 g/mol. The third kappa shape index (κ3) is 5.53. The molecule has 3 aromatic rings. The summed E-state index contributed by atoms with van der Waals surface area (Å²) in [4.78, 5) is 22.9. The van der Waals surface area contributed by atoms with Gasteiger partial charge in [0.25, 0.3) is 5.69 Å². The van der Waals surface area contributed by atoms with Gasteiger partial charge in [-0.05, 0) is 29.8 Å². The highest BCUT2D eigenvalue weighted by Crippen LogP contribution is 2.21. The van der Waals surface area contributed by atoms with E-state index < -0.39 is 20.9 Å². The Hall–Kier alpha value is -3.56. The predicted molar refractivity (Wildman–Crippen MR) is 117 cm³/mol. The van der Waals surface area contributed by atoms with Gasteiger partial charge in [0.15, 0.2) is 0 Å². The number of sulfonamides is 1. The summed E-state index contributed by atoms with van der Waals surface area (Å²) in [6.07, 6.45) is -0.170. The number of nitro groups is 1. The average molecular weight is 439 g/mol. The first-order valence-electron chi connectivity index (χ1n) is 9.40. The fourth-order valence-electron chi connectivity index (χ4n) is 3.03. The number of benzene rings is 3. The van der Waals surface area contributed by atoms with Crippen molar-refractivity contribution in [3.63, 3.8) is 0 Å².